The summed E-state index contributed by atoms with van der Waals surface area (Å²) in [5, 5.41) is 40.3. The number of rotatable bonds is 5. The minimum absolute atomic E-state index is 0.0157. The fourth-order valence-electron chi connectivity index (χ4n) is 12.5. The summed E-state index contributed by atoms with van der Waals surface area (Å²) >= 11 is 0. The van der Waals surface area contributed by atoms with Crippen LogP contribution < -0.4 is 0 Å². The van der Waals surface area contributed by atoms with Gasteiger partial charge in [-0.3, -0.25) is 0 Å². The average Bonchev–Trinajstić information content (AvgIpc) is 2.98. The highest BCUT2D eigenvalue weighted by Crippen LogP contribution is 2.76. The first kappa shape index (κ1) is 37.1. The number of piperidine rings is 4. The van der Waals surface area contributed by atoms with Crippen molar-refractivity contribution < 1.29 is 20.1 Å². The van der Waals surface area contributed by atoms with Gasteiger partial charge in [0.15, 0.2) is 5.60 Å². The number of nitrogens with zero attached hydrogens (tertiary/aromatic N) is 4. The van der Waals surface area contributed by atoms with Crippen LogP contribution in [0.5, 0.6) is 0 Å². The Hall–Kier alpha value is -1.19. The van der Waals surface area contributed by atoms with Gasteiger partial charge in [0.1, 0.15) is 0 Å². The van der Waals surface area contributed by atoms with E-state index in [-0.39, 0.29) is 23.7 Å². The monoisotopic (exact) mass is 659 g/mol. The molecule has 0 aromatic rings. The molecule has 0 bridgehead atoms. The van der Waals surface area contributed by atoms with Crippen molar-refractivity contribution >= 4 is 5.97 Å². The molecule has 4 aliphatic heterocycles. The standard InChI is InChI=1S/C39H70N4O4/c1-35(2,3)32-31(44)33(36(4,5)6)38(29-15-23-42(9)24-16-29,30-17-25-43(10)26-18-30)39(47,34(45)46)37(32,27-11-19-40(7)20-12-27)28-13-21-41(8)22-14-28/h27-30,32,44,47H,11-26H2,1-10H3,(H,45,46). The summed E-state index contributed by atoms with van der Waals surface area (Å²) in [6.45, 7) is 20.2. The number of aliphatic hydroxyl groups is 2. The molecule has 2 unspecified atom stereocenters. The molecule has 0 spiro atoms. The lowest BCUT2D eigenvalue weighted by Crippen LogP contribution is -2.80. The van der Waals surface area contributed by atoms with Crippen LogP contribution in [0, 0.1) is 51.2 Å². The molecule has 0 aromatic carbocycles. The second-order valence-corrected chi connectivity index (χ2v) is 18.9. The summed E-state index contributed by atoms with van der Waals surface area (Å²) in [5.41, 5.74) is -4.29. The summed E-state index contributed by atoms with van der Waals surface area (Å²) in [6, 6.07) is 0. The lowest BCUT2D eigenvalue weighted by Gasteiger charge is -2.73. The third-order valence-corrected chi connectivity index (χ3v) is 14.1. The van der Waals surface area contributed by atoms with Gasteiger partial charge >= 0.3 is 5.97 Å². The molecule has 2 atom stereocenters. The van der Waals surface area contributed by atoms with E-state index < -0.39 is 39.1 Å². The van der Waals surface area contributed by atoms with Crippen LogP contribution in [0.3, 0.4) is 0 Å². The number of hydrogen-bond acceptors (Lipinski definition) is 7. The fraction of sp³-hybridized carbons (Fsp3) is 0.923. The second-order valence-electron chi connectivity index (χ2n) is 18.9. The topological polar surface area (TPSA) is 90.7 Å². The van der Waals surface area contributed by atoms with Crippen LogP contribution in [-0.2, 0) is 4.79 Å². The van der Waals surface area contributed by atoms with Gasteiger partial charge in [0.05, 0.1) is 5.76 Å². The Bertz CT molecular complexity index is 1100. The number of carboxylic acid groups (broad SMARTS) is 1. The van der Waals surface area contributed by atoms with Crippen molar-refractivity contribution in [3.8, 4) is 0 Å². The highest BCUT2D eigenvalue weighted by molar-refractivity contribution is 5.82. The predicted octanol–water partition coefficient (Wildman–Crippen LogP) is 5.68. The predicted molar refractivity (Wildman–Crippen MR) is 190 cm³/mol. The molecule has 5 aliphatic rings. The minimum atomic E-state index is -2.05. The van der Waals surface area contributed by atoms with Crippen LogP contribution in [-0.4, -0.2) is 127 Å². The summed E-state index contributed by atoms with van der Waals surface area (Å²) in [7, 11) is 8.66. The molecule has 0 amide bonds. The summed E-state index contributed by atoms with van der Waals surface area (Å²) in [4.78, 5) is 24.4. The lowest BCUT2D eigenvalue weighted by atomic mass is 9.31. The molecule has 3 N–H and O–H groups in total. The molecule has 47 heavy (non-hydrogen) atoms. The maximum Gasteiger partial charge on any atom is 0.337 e. The number of allylic oxidation sites excluding steroid dienone is 1. The molecule has 4 heterocycles. The van der Waals surface area contributed by atoms with Crippen molar-refractivity contribution in [3.63, 3.8) is 0 Å². The lowest BCUT2D eigenvalue weighted by molar-refractivity contribution is -0.292. The van der Waals surface area contributed by atoms with Crippen LogP contribution in [0.25, 0.3) is 0 Å². The molecular formula is C39H70N4O4. The third-order valence-electron chi connectivity index (χ3n) is 14.1. The number of aliphatic carboxylic acids is 1. The van der Waals surface area contributed by atoms with E-state index in [0.29, 0.717) is 5.76 Å². The maximum absolute atomic E-state index is 15.0. The van der Waals surface area contributed by atoms with Crippen molar-refractivity contribution in [1.82, 2.24) is 19.6 Å². The van der Waals surface area contributed by atoms with E-state index in [1.54, 1.807) is 0 Å². The van der Waals surface area contributed by atoms with E-state index in [2.05, 4.69) is 89.3 Å². The van der Waals surface area contributed by atoms with Gasteiger partial charge in [0.25, 0.3) is 0 Å². The van der Waals surface area contributed by atoms with Crippen LogP contribution in [0.2, 0.25) is 0 Å². The van der Waals surface area contributed by atoms with Gasteiger partial charge in [-0.1, -0.05) is 41.5 Å². The Kier molecular flexibility index (Phi) is 10.4. The Morgan fingerprint density at radius 2 is 0.915 bits per heavy atom. The van der Waals surface area contributed by atoms with Gasteiger partial charge in [-0.2, -0.15) is 0 Å². The molecule has 0 saturated carbocycles. The highest BCUT2D eigenvalue weighted by atomic mass is 16.4. The fourth-order valence-corrected chi connectivity index (χ4v) is 12.5. The van der Waals surface area contributed by atoms with E-state index >= 15 is 0 Å². The van der Waals surface area contributed by atoms with Gasteiger partial charge < -0.3 is 34.9 Å². The zero-order chi connectivity index (χ0) is 34.7. The van der Waals surface area contributed by atoms with Gasteiger partial charge in [-0.05, 0) is 172 Å². The van der Waals surface area contributed by atoms with Crippen molar-refractivity contribution in [2.24, 2.45) is 51.2 Å². The number of carbonyl (C=O) groups is 1. The van der Waals surface area contributed by atoms with Crippen molar-refractivity contribution in [3.05, 3.63) is 11.3 Å². The van der Waals surface area contributed by atoms with E-state index in [9.17, 15) is 20.1 Å². The van der Waals surface area contributed by atoms with Crippen LogP contribution >= 0.6 is 0 Å². The van der Waals surface area contributed by atoms with E-state index in [4.69, 9.17) is 0 Å². The van der Waals surface area contributed by atoms with E-state index in [1.807, 2.05) is 0 Å². The smallest absolute Gasteiger partial charge is 0.337 e. The van der Waals surface area contributed by atoms with Gasteiger partial charge in [-0.15, -0.1) is 0 Å². The Morgan fingerprint density at radius 1 is 0.617 bits per heavy atom. The average molecular weight is 659 g/mol. The number of carboxylic acids is 1. The summed E-state index contributed by atoms with van der Waals surface area (Å²) in [6.07, 6.45) is 6.73. The minimum Gasteiger partial charge on any atom is -0.512 e. The molecule has 270 valence electrons. The van der Waals surface area contributed by atoms with Gasteiger partial charge in [0, 0.05) is 16.7 Å². The first-order valence-corrected chi connectivity index (χ1v) is 19.0. The molecule has 4 fully saturated rings. The van der Waals surface area contributed by atoms with Crippen LogP contribution in [0.1, 0.15) is 92.9 Å². The molecule has 5 rings (SSSR count). The normalized spacial score (nSPS) is 32.6. The molecule has 1 aliphatic carbocycles. The molecule has 4 saturated heterocycles. The number of likely N-dealkylation sites (tertiary alicyclic amines) is 4. The molecular weight excluding hydrogens is 588 g/mol. The molecule has 0 aromatic heterocycles. The SMILES string of the molecule is CN1CCC(C2(C3CCN(C)CC3)C(C(C)(C)C)=C(O)C(C(C)(C)C)C(C3CCN(C)CC3)(C3CCN(C)CC3)C2(O)C(=O)O)CC1. The van der Waals surface area contributed by atoms with Crippen molar-refractivity contribution in [2.75, 3.05) is 80.5 Å². The first-order valence-electron chi connectivity index (χ1n) is 19.0. The Morgan fingerprint density at radius 3 is 1.17 bits per heavy atom. The van der Waals surface area contributed by atoms with E-state index in [1.165, 1.54) is 0 Å². The number of hydrogen-bond donors (Lipinski definition) is 3. The Balaban J connectivity index is 1.98. The molecule has 0 radical (unpaired) electrons. The zero-order valence-electron chi connectivity index (χ0n) is 31.7. The third kappa shape index (κ3) is 5.82. The molecule has 8 heteroatoms. The summed E-state index contributed by atoms with van der Waals surface area (Å²) < 4.78 is 0. The second kappa shape index (κ2) is 13.2. The van der Waals surface area contributed by atoms with Crippen molar-refractivity contribution in [1.29, 1.82) is 0 Å². The summed E-state index contributed by atoms with van der Waals surface area (Å²) in [5.74, 6) is -1.18. The van der Waals surface area contributed by atoms with Gasteiger partial charge in [0.2, 0.25) is 0 Å². The highest BCUT2D eigenvalue weighted by Gasteiger charge is 2.81. The number of aliphatic hydroxyl groups excluding tert-OH is 1. The largest absolute Gasteiger partial charge is 0.512 e. The quantitative estimate of drug-likeness (QED) is 0.348. The van der Waals surface area contributed by atoms with Gasteiger partial charge in [-0.25, -0.2) is 4.79 Å². The zero-order valence-corrected chi connectivity index (χ0v) is 31.7. The maximum atomic E-state index is 15.0. The first-order chi connectivity index (χ1) is 21.8. The van der Waals surface area contributed by atoms with E-state index in [0.717, 1.165) is 109 Å². The van der Waals surface area contributed by atoms with Crippen molar-refractivity contribution in [2.45, 2.75) is 98.5 Å². The van der Waals surface area contributed by atoms with Crippen LogP contribution in [0.15, 0.2) is 11.3 Å². The molecule has 8 nitrogen and oxygen atoms in total. The Labute approximate surface area is 286 Å². The van der Waals surface area contributed by atoms with Crippen LogP contribution in [0.4, 0.5) is 0 Å².